The van der Waals surface area contributed by atoms with Crippen molar-refractivity contribution in [1.29, 1.82) is 0 Å². The molecule has 2 aliphatic rings. The summed E-state index contributed by atoms with van der Waals surface area (Å²) >= 11 is 0. The topological polar surface area (TPSA) is 94.2 Å². The molecule has 0 saturated carbocycles. The Morgan fingerprint density at radius 2 is 1.77 bits per heavy atom. The van der Waals surface area contributed by atoms with Gasteiger partial charge in [-0.25, -0.2) is 9.29 Å². The standard InChI is InChI=1S/C26H29FN2O6/c1-5-13-26(25(32)35-6-2)21-20(22(28-26)18-12-11-17(33-3)14-19(18)34-4)23(30)29(24(21)31)16-9-7-15(27)8-10-16/h7-12,14,20-22,28H,5-6,13H2,1-4H3/t20-,21-,22-,26-/m0/s1. The number of fused-ring (bicyclic) bond motifs is 1. The lowest BCUT2D eigenvalue weighted by Crippen LogP contribution is -2.56. The third-order valence-corrected chi connectivity index (χ3v) is 6.80. The van der Waals surface area contributed by atoms with Crippen molar-refractivity contribution in [3.05, 3.63) is 53.8 Å². The molecule has 2 aromatic rings. The summed E-state index contributed by atoms with van der Waals surface area (Å²) in [7, 11) is 3.03. The van der Waals surface area contributed by atoms with Gasteiger partial charge in [-0.2, -0.15) is 0 Å². The predicted molar refractivity (Wildman–Crippen MR) is 126 cm³/mol. The maximum atomic E-state index is 13.8. The van der Waals surface area contributed by atoms with E-state index in [4.69, 9.17) is 14.2 Å². The number of rotatable bonds is 8. The first-order valence-corrected chi connectivity index (χ1v) is 11.6. The Kier molecular flexibility index (Phi) is 6.80. The average Bonchev–Trinajstić information content (AvgIpc) is 3.33. The highest BCUT2D eigenvalue weighted by Crippen LogP contribution is 2.53. The Bertz CT molecular complexity index is 1140. The molecule has 2 heterocycles. The Morgan fingerprint density at radius 3 is 2.37 bits per heavy atom. The molecule has 186 valence electrons. The van der Waals surface area contributed by atoms with Crippen LogP contribution in [0, 0.1) is 17.7 Å². The number of benzene rings is 2. The molecule has 4 atom stereocenters. The number of nitrogens with one attached hydrogen (secondary N) is 1. The van der Waals surface area contributed by atoms with Gasteiger partial charge in [-0.1, -0.05) is 19.4 Å². The molecule has 0 bridgehead atoms. The van der Waals surface area contributed by atoms with E-state index in [2.05, 4.69) is 5.32 Å². The van der Waals surface area contributed by atoms with E-state index < -0.39 is 47.0 Å². The molecule has 2 aromatic carbocycles. The molecule has 0 spiro atoms. The van der Waals surface area contributed by atoms with Gasteiger partial charge in [-0.05, 0) is 43.7 Å². The third-order valence-electron chi connectivity index (χ3n) is 6.80. The highest BCUT2D eigenvalue weighted by Gasteiger charge is 2.68. The van der Waals surface area contributed by atoms with Crippen LogP contribution in [0.15, 0.2) is 42.5 Å². The second-order valence-corrected chi connectivity index (χ2v) is 8.66. The van der Waals surface area contributed by atoms with Crippen molar-refractivity contribution in [2.24, 2.45) is 11.8 Å². The quantitative estimate of drug-likeness (QED) is 0.453. The van der Waals surface area contributed by atoms with Crippen molar-refractivity contribution in [3.63, 3.8) is 0 Å². The average molecular weight is 485 g/mol. The second kappa shape index (κ2) is 9.65. The van der Waals surface area contributed by atoms with Crippen LogP contribution in [0.1, 0.15) is 38.3 Å². The molecule has 0 unspecified atom stereocenters. The van der Waals surface area contributed by atoms with Crippen LogP contribution >= 0.6 is 0 Å². The molecule has 9 heteroatoms. The number of hydrogen-bond acceptors (Lipinski definition) is 7. The van der Waals surface area contributed by atoms with Crippen molar-refractivity contribution in [3.8, 4) is 11.5 Å². The number of anilines is 1. The first-order chi connectivity index (χ1) is 16.8. The first kappa shape index (κ1) is 24.7. The van der Waals surface area contributed by atoms with Crippen molar-refractivity contribution in [1.82, 2.24) is 5.32 Å². The molecule has 0 radical (unpaired) electrons. The van der Waals surface area contributed by atoms with Crippen molar-refractivity contribution in [2.75, 3.05) is 25.7 Å². The largest absolute Gasteiger partial charge is 0.497 e. The van der Waals surface area contributed by atoms with Crippen LogP contribution in [0.3, 0.4) is 0 Å². The molecule has 8 nitrogen and oxygen atoms in total. The van der Waals surface area contributed by atoms with E-state index >= 15 is 0 Å². The zero-order valence-electron chi connectivity index (χ0n) is 20.2. The molecular formula is C26H29FN2O6. The van der Waals surface area contributed by atoms with Gasteiger partial charge in [0.05, 0.1) is 38.3 Å². The van der Waals surface area contributed by atoms with Gasteiger partial charge in [0.25, 0.3) is 0 Å². The summed E-state index contributed by atoms with van der Waals surface area (Å²) in [6, 6.07) is 9.63. The summed E-state index contributed by atoms with van der Waals surface area (Å²) in [5.41, 5.74) is -0.537. The number of hydrogen-bond donors (Lipinski definition) is 1. The van der Waals surface area contributed by atoms with Gasteiger partial charge in [0, 0.05) is 17.7 Å². The Labute approximate surface area is 203 Å². The molecule has 2 aliphatic heterocycles. The van der Waals surface area contributed by atoms with E-state index in [-0.39, 0.29) is 18.7 Å². The smallest absolute Gasteiger partial charge is 0.327 e. The fourth-order valence-electron chi connectivity index (χ4n) is 5.36. The fourth-order valence-corrected chi connectivity index (χ4v) is 5.36. The molecule has 2 saturated heterocycles. The molecule has 35 heavy (non-hydrogen) atoms. The molecule has 0 aromatic heterocycles. The maximum Gasteiger partial charge on any atom is 0.327 e. The number of nitrogens with zero attached hydrogens (tertiary/aromatic N) is 1. The Balaban J connectivity index is 1.88. The van der Waals surface area contributed by atoms with E-state index in [1.54, 1.807) is 25.1 Å². The van der Waals surface area contributed by atoms with Crippen LogP contribution in [0.2, 0.25) is 0 Å². The van der Waals surface area contributed by atoms with Crippen LogP contribution in [-0.4, -0.2) is 44.1 Å². The summed E-state index contributed by atoms with van der Waals surface area (Å²) in [5, 5.41) is 3.34. The number of imide groups is 1. The number of methoxy groups -OCH3 is 2. The van der Waals surface area contributed by atoms with Gasteiger partial charge in [-0.15, -0.1) is 0 Å². The predicted octanol–water partition coefficient (Wildman–Crippen LogP) is 3.40. The van der Waals surface area contributed by atoms with E-state index in [1.165, 1.54) is 38.5 Å². The Hall–Kier alpha value is -3.46. The monoisotopic (exact) mass is 484 g/mol. The van der Waals surface area contributed by atoms with E-state index in [1.807, 2.05) is 6.92 Å². The fraction of sp³-hybridized carbons (Fsp3) is 0.423. The Morgan fingerprint density at radius 1 is 1.06 bits per heavy atom. The minimum absolute atomic E-state index is 0.129. The zero-order valence-corrected chi connectivity index (χ0v) is 20.2. The van der Waals surface area contributed by atoms with Gasteiger partial charge >= 0.3 is 5.97 Å². The summed E-state index contributed by atoms with van der Waals surface area (Å²) < 4.78 is 29.9. The highest BCUT2D eigenvalue weighted by molar-refractivity contribution is 6.24. The zero-order chi connectivity index (χ0) is 25.3. The van der Waals surface area contributed by atoms with Crippen LogP contribution in [-0.2, 0) is 19.1 Å². The summed E-state index contributed by atoms with van der Waals surface area (Å²) in [6.45, 7) is 3.72. The normalized spacial score (nSPS) is 25.5. The number of esters is 1. The van der Waals surface area contributed by atoms with Gasteiger partial charge in [0.2, 0.25) is 11.8 Å². The number of ether oxygens (including phenoxy) is 3. The number of halogens is 1. The molecule has 0 aliphatic carbocycles. The summed E-state index contributed by atoms with van der Waals surface area (Å²) in [4.78, 5) is 42.1. The van der Waals surface area contributed by atoms with Gasteiger partial charge in [0.15, 0.2) is 0 Å². The minimum Gasteiger partial charge on any atom is -0.497 e. The molecule has 1 N–H and O–H groups in total. The van der Waals surface area contributed by atoms with Crippen molar-refractivity contribution < 1.29 is 33.0 Å². The lowest BCUT2D eigenvalue weighted by Gasteiger charge is -2.32. The molecular weight excluding hydrogens is 455 g/mol. The summed E-state index contributed by atoms with van der Waals surface area (Å²) in [6.07, 6.45) is 0.859. The summed E-state index contributed by atoms with van der Waals surface area (Å²) in [5.74, 6) is -2.93. The minimum atomic E-state index is -1.41. The van der Waals surface area contributed by atoms with Crippen LogP contribution in [0.5, 0.6) is 11.5 Å². The SMILES string of the molecule is CCC[C@]1(C(=O)OCC)N[C@@H](c2ccc(OC)cc2OC)[C@H]2C(=O)N(c3ccc(F)cc3)C(=O)[C@H]21. The highest BCUT2D eigenvalue weighted by atomic mass is 19.1. The molecule has 2 fully saturated rings. The van der Waals surface area contributed by atoms with Crippen LogP contribution < -0.4 is 19.7 Å². The maximum absolute atomic E-state index is 13.8. The van der Waals surface area contributed by atoms with Crippen molar-refractivity contribution >= 4 is 23.5 Å². The van der Waals surface area contributed by atoms with Crippen molar-refractivity contribution in [2.45, 2.75) is 38.3 Å². The molecule has 2 amide bonds. The van der Waals surface area contributed by atoms with Crippen LogP contribution in [0.4, 0.5) is 10.1 Å². The van der Waals surface area contributed by atoms with Gasteiger partial charge < -0.3 is 14.2 Å². The number of carbonyl (C=O) groups excluding carboxylic acids is 3. The van der Waals surface area contributed by atoms with E-state index in [0.29, 0.717) is 23.5 Å². The lowest BCUT2D eigenvalue weighted by molar-refractivity contribution is -0.155. The number of carbonyl (C=O) groups is 3. The van der Waals surface area contributed by atoms with Gasteiger partial charge in [0.1, 0.15) is 22.9 Å². The second-order valence-electron chi connectivity index (χ2n) is 8.66. The van der Waals surface area contributed by atoms with E-state index in [9.17, 15) is 18.8 Å². The van der Waals surface area contributed by atoms with E-state index in [0.717, 1.165) is 4.90 Å². The van der Waals surface area contributed by atoms with Gasteiger partial charge in [-0.3, -0.25) is 19.7 Å². The number of amides is 2. The first-order valence-electron chi connectivity index (χ1n) is 11.6. The third kappa shape index (κ3) is 3.93. The van der Waals surface area contributed by atoms with Crippen LogP contribution in [0.25, 0.3) is 0 Å². The lowest BCUT2D eigenvalue weighted by atomic mass is 9.77. The molecule has 4 rings (SSSR count).